The molecule has 22 aromatic rings. The molecule has 0 N–H and O–H groups in total. The van der Waals surface area contributed by atoms with Gasteiger partial charge in [0.15, 0.2) is 0 Å². The number of pyridine rings is 2. The summed E-state index contributed by atoms with van der Waals surface area (Å²) in [5.74, 6) is 1.89. The molecule has 0 unspecified atom stereocenters. The van der Waals surface area contributed by atoms with Crippen LogP contribution in [0.2, 0.25) is 0 Å². The first-order chi connectivity index (χ1) is 51.6. The summed E-state index contributed by atoms with van der Waals surface area (Å²) in [5, 5.41) is 18.7. The Morgan fingerprint density at radius 2 is 0.575 bits per heavy atom. The molecule has 0 bridgehead atoms. The summed E-state index contributed by atoms with van der Waals surface area (Å²) in [7, 11) is 0. The van der Waals surface area contributed by atoms with Crippen LogP contribution in [0.1, 0.15) is 14.9 Å². The molecule has 2 aliphatic rings. The van der Waals surface area contributed by atoms with Gasteiger partial charge in [0.05, 0.1) is 55.3 Å². The van der Waals surface area contributed by atoms with Gasteiger partial charge in [-0.1, -0.05) is 251 Å². The number of nitrogens with zero attached hydrogens (tertiary/aromatic N) is 6. The predicted octanol–water partition coefficient (Wildman–Crippen LogP) is 27.1. The molecule has 0 aliphatic heterocycles. The Balaban J connectivity index is 0.000000134. The smallest absolute Gasteiger partial charge is 0.138 e. The summed E-state index contributed by atoms with van der Waals surface area (Å²) in [5.41, 5.74) is 27.6. The fourth-order valence-corrected chi connectivity index (χ4v) is 18.0. The lowest BCUT2D eigenvalue weighted by atomic mass is 9.97. The van der Waals surface area contributed by atoms with Crippen molar-refractivity contribution < 1.29 is 0 Å². The first-order valence-corrected chi connectivity index (χ1v) is 35.8. The molecule has 0 spiro atoms. The summed E-state index contributed by atoms with van der Waals surface area (Å²) in [4.78, 5) is 10.7. The van der Waals surface area contributed by atoms with E-state index >= 15 is 0 Å². The van der Waals surface area contributed by atoms with E-state index in [9.17, 15) is 0 Å². The number of hydrogen-bond donors (Lipinski definition) is 0. The normalized spacial score (nSPS) is 12.0. The minimum absolute atomic E-state index is 0. The Hall–Kier alpha value is -13.9. The molecule has 0 saturated carbocycles. The van der Waals surface area contributed by atoms with E-state index < -0.39 is 0 Å². The Morgan fingerprint density at radius 1 is 0.189 bits per heavy atom. The SMILES string of the molecule is C.C.c1ccc(-n2c3ccccc3c3c4ccc(-c5ccc6c(c5)c5ccccc5n6-c5cc6c7c(cccc7n5)-c5ccccc5-6)cc4ccc32)cc1.c1ccc(-n2c3ccccc3c3c4ccc(-c5ccc6c(c5)c5ccccc5n6-c5cc6cccc7c6c(n5)-c5ccccc5-7)cc4ccc32)cc1. The predicted molar refractivity (Wildman–Crippen MR) is 449 cm³/mol. The van der Waals surface area contributed by atoms with Crippen LogP contribution in [-0.4, -0.2) is 28.2 Å². The molecule has 0 atom stereocenters. The lowest BCUT2D eigenvalue weighted by Gasteiger charge is -2.11. The Bertz CT molecular complexity index is 7030. The van der Waals surface area contributed by atoms with Crippen LogP contribution in [0.4, 0.5) is 0 Å². The number of aromatic nitrogens is 6. The monoisotopic (exact) mass is 1350 g/mol. The largest absolute Gasteiger partial charge is 0.309 e. The third kappa shape index (κ3) is 8.73. The second-order valence-corrected chi connectivity index (χ2v) is 27.9. The van der Waals surface area contributed by atoms with Gasteiger partial charge in [-0.2, -0.15) is 0 Å². The number of hydrogen-bond acceptors (Lipinski definition) is 2. The molecular formula is C100H66N6. The summed E-state index contributed by atoms with van der Waals surface area (Å²) in [6.07, 6.45) is 0. The highest BCUT2D eigenvalue weighted by Gasteiger charge is 2.27. The van der Waals surface area contributed by atoms with E-state index in [4.69, 9.17) is 9.97 Å². The molecule has 496 valence electrons. The van der Waals surface area contributed by atoms with Crippen molar-refractivity contribution >= 4 is 130 Å². The van der Waals surface area contributed by atoms with Crippen LogP contribution < -0.4 is 0 Å². The van der Waals surface area contributed by atoms with Crippen molar-refractivity contribution in [1.82, 2.24) is 28.2 Å². The van der Waals surface area contributed by atoms with Gasteiger partial charge in [-0.3, -0.25) is 9.13 Å². The van der Waals surface area contributed by atoms with Gasteiger partial charge in [-0.15, -0.1) is 0 Å². The molecule has 16 aromatic carbocycles. The van der Waals surface area contributed by atoms with Gasteiger partial charge in [0.1, 0.15) is 11.6 Å². The number of fused-ring (bicyclic) bond motifs is 22. The number of para-hydroxylation sites is 6. The lowest BCUT2D eigenvalue weighted by molar-refractivity contribution is 1.09. The van der Waals surface area contributed by atoms with Crippen LogP contribution in [0.5, 0.6) is 0 Å². The van der Waals surface area contributed by atoms with Crippen LogP contribution in [0, 0.1) is 0 Å². The van der Waals surface area contributed by atoms with Crippen molar-refractivity contribution in [3.05, 3.63) is 352 Å². The fourth-order valence-electron chi connectivity index (χ4n) is 18.0. The minimum Gasteiger partial charge on any atom is -0.309 e. The molecule has 2 aliphatic carbocycles. The van der Waals surface area contributed by atoms with Crippen molar-refractivity contribution in [2.45, 2.75) is 14.9 Å². The second kappa shape index (κ2) is 23.3. The molecule has 24 rings (SSSR count). The van der Waals surface area contributed by atoms with E-state index in [0.717, 1.165) is 44.9 Å². The number of rotatable bonds is 6. The van der Waals surface area contributed by atoms with Gasteiger partial charge >= 0.3 is 0 Å². The highest BCUT2D eigenvalue weighted by Crippen LogP contribution is 2.51. The van der Waals surface area contributed by atoms with Crippen molar-refractivity contribution in [3.8, 4) is 89.9 Å². The summed E-state index contributed by atoms with van der Waals surface area (Å²) < 4.78 is 9.46. The third-order valence-electron chi connectivity index (χ3n) is 22.4. The molecule has 0 amide bonds. The fraction of sp³-hybridized carbons (Fsp3) is 0.0200. The van der Waals surface area contributed by atoms with Crippen LogP contribution in [0.3, 0.4) is 0 Å². The lowest BCUT2D eigenvalue weighted by Crippen LogP contribution is -1.98. The van der Waals surface area contributed by atoms with E-state index in [2.05, 4.69) is 370 Å². The third-order valence-corrected chi connectivity index (χ3v) is 22.4. The van der Waals surface area contributed by atoms with Gasteiger partial charge in [0.2, 0.25) is 0 Å². The summed E-state index contributed by atoms with van der Waals surface area (Å²) in [6, 6.07) is 128. The van der Waals surface area contributed by atoms with Gasteiger partial charge in [-0.05, 0) is 198 Å². The van der Waals surface area contributed by atoms with Gasteiger partial charge < -0.3 is 9.13 Å². The van der Waals surface area contributed by atoms with Gasteiger partial charge in [0, 0.05) is 70.8 Å². The van der Waals surface area contributed by atoms with Crippen LogP contribution in [0.15, 0.2) is 352 Å². The van der Waals surface area contributed by atoms with E-state index in [1.54, 1.807) is 0 Å². The average molecular weight is 1350 g/mol. The maximum atomic E-state index is 5.40. The first kappa shape index (κ1) is 60.8. The molecule has 0 radical (unpaired) electrons. The Kier molecular flexibility index (Phi) is 13.4. The van der Waals surface area contributed by atoms with Crippen LogP contribution in [0.25, 0.3) is 220 Å². The van der Waals surface area contributed by atoms with Gasteiger partial charge in [0.25, 0.3) is 0 Å². The molecule has 0 saturated heterocycles. The molecule has 0 fully saturated rings. The highest BCUT2D eigenvalue weighted by molar-refractivity contribution is 6.24. The zero-order chi connectivity index (χ0) is 67.8. The maximum absolute atomic E-state index is 5.40. The molecule has 6 heterocycles. The minimum atomic E-state index is 0. The standard InChI is InChI=1S/2C49H29N3.2CH4/c1-2-12-34(13-3-1)51-43-20-9-7-17-40(43)48-35-24-21-30(27-32(35)23-26-45(48)51)31-22-25-44-41(28-31)37-15-6-8-19-42(37)52(44)46-29-33-11-10-18-38-36-14-4-5-16-39(36)49(50-46)47(33)38;1-2-11-33(12-3-1)51-44-20-9-7-16-39(44)49-34-24-21-30(27-32(34)23-26-46(49)51)31-22-25-45-40(28-31)37-15-6-8-19-43(37)52(45)47-29-41-36-14-5-4-13-35(36)38-17-10-18-42(50-47)48(38)41;;/h2*1-29H;2*1H4. The van der Waals surface area contributed by atoms with Crippen molar-refractivity contribution in [2.24, 2.45) is 0 Å². The average Bonchev–Trinajstić information content (AvgIpc) is 1.56. The summed E-state index contributed by atoms with van der Waals surface area (Å²) in [6.45, 7) is 0. The molecule has 6 aromatic heterocycles. The topological polar surface area (TPSA) is 45.5 Å². The second-order valence-electron chi connectivity index (χ2n) is 27.9. The molecule has 106 heavy (non-hydrogen) atoms. The first-order valence-electron chi connectivity index (χ1n) is 35.8. The van der Waals surface area contributed by atoms with Crippen LogP contribution >= 0.6 is 0 Å². The molecule has 6 heteroatoms. The summed E-state index contributed by atoms with van der Waals surface area (Å²) >= 11 is 0. The molecule has 6 nitrogen and oxygen atoms in total. The van der Waals surface area contributed by atoms with Crippen molar-refractivity contribution in [1.29, 1.82) is 0 Å². The molecular weight excluding hydrogens is 1290 g/mol. The van der Waals surface area contributed by atoms with E-state index in [1.165, 1.54) is 175 Å². The van der Waals surface area contributed by atoms with E-state index in [-0.39, 0.29) is 14.9 Å². The van der Waals surface area contributed by atoms with Crippen molar-refractivity contribution in [2.75, 3.05) is 0 Å². The Morgan fingerprint density at radius 3 is 1.11 bits per heavy atom. The van der Waals surface area contributed by atoms with E-state index in [1.807, 2.05) is 0 Å². The quantitative estimate of drug-likeness (QED) is 0.167. The van der Waals surface area contributed by atoms with Crippen LogP contribution in [-0.2, 0) is 0 Å². The zero-order valence-electron chi connectivity index (χ0n) is 56.2. The van der Waals surface area contributed by atoms with E-state index in [0.29, 0.717) is 0 Å². The zero-order valence-corrected chi connectivity index (χ0v) is 56.2. The Labute approximate surface area is 611 Å². The maximum Gasteiger partial charge on any atom is 0.138 e. The highest BCUT2D eigenvalue weighted by atomic mass is 15.1. The van der Waals surface area contributed by atoms with Gasteiger partial charge in [-0.25, -0.2) is 9.97 Å². The number of benzene rings is 16. The van der Waals surface area contributed by atoms with Crippen molar-refractivity contribution in [3.63, 3.8) is 0 Å².